The van der Waals surface area contributed by atoms with Crippen molar-refractivity contribution in [1.29, 1.82) is 0 Å². The molecular weight excluding hydrogens is 404 g/mol. The maximum Gasteiger partial charge on any atom is 0.168 e. The van der Waals surface area contributed by atoms with Crippen molar-refractivity contribution in [2.24, 2.45) is 0 Å². The van der Waals surface area contributed by atoms with E-state index in [1.54, 1.807) is 6.20 Å². The fourth-order valence-corrected chi connectivity index (χ4v) is 4.03. The average Bonchev–Trinajstić information content (AvgIpc) is 3.34. The van der Waals surface area contributed by atoms with Crippen LogP contribution in [-0.4, -0.2) is 19.7 Å². The highest BCUT2D eigenvalue weighted by molar-refractivity contribution is 5.69. The Hall–Kier alpha value is -4.05. The second kappa shape index (κ2) is 9.61. The van der Waals surface area contributed by atoms with Crippen molar-refractivity contribution in [2.75, 3.05) is 0 Å². The largest absolute Gasteiger partial charge is 0.275 e. The van der Waals surface area contributed by atoms with Crippen molar-refractivity contribution in [3.8, 4) is 39.6 Å². The third-order valence-corrected chi connectivity index (χ3v) is 5.85. The van der Waals surface area contributed by atoms with Crippen LogP contribution < -0.4 is 0 Å². The summed E-state index contributed by atoms with van der Waals surface area (Å²) in [5.41, 5.74) is 6.70. The SMILES string of the molecule is CCCCc1ccc(-c2nnc(-c3ccccc3)n2-c2ccc(-c3cccnc3)cc2)cc1. The van der Waals surface area contributed by atoms with Crippen LogP contribution in [0, 0.1) is 0 Å². The number of aromatic nitrogens is 4. The lowest BCUT2D eigenvalue weighted by Crippen LogP contribution is -2.00. The Morgan fingerprint density at radius 1 is 0.636 bits per heavy atom. The second-order valence-electron chi connectivity index (χ2n) is 8.14. The van der Waals surface area contributed by atoms with Gasteiger partial charge in [0.1, 0.15) is 0 Å². The summed E-state index contributed by atoms with van der Waals surface area (Å²) in [6.45, 7) is 2.22. The molecule has 0 fully saturated rings. The van der Waals surface area contributed by atoms with Gasteiger partial charge in [0, 0.05) is 29.2 Å². The fraction of sp³-hybridized carbons (Fsp3) is 0.138. The first-order valence-electron chi connectivity index (χ1n) is 11.4. The van der Waals surface area contributed by atoms with Crippen LogP contribution in [0.5, 0.6) is 0 Å². The van der Waals surface area contributed by atoms with E-state index in [-0.39, 0.29) is 0 Å². The van der Waals surface area contributed by atoms with Crippen LogP contribution >= 0.6 is 0 Å². The lowest BCUT2D eigenvalue weighted by molar-refractivity contribution is 0.795. The summed E-state index contributed by atoms with van der Waals surface area (Å²) in [5, 5.41) is 9.21. The number of pyridine rings is 1. The van der Waals surface area contributed by atoms with Crippen LogP contribution in [0.1, 0.15) is 25.3 Å². The number of hydrogen-bond acceptors (Lipinski definition) is 3. The molecule has 0 aliphatic carbocycles. The van der Waals surface area contributed by atoms with Gasteiger partial charge in [-0.2, -0.15) is 0 Å². The summed E-state index contributed by atoms with van der Waals surface area (Å²) in [6.07, 6.45) is 7.19. The van der Waals surface area contributed by atoms with E-state index in [0.29, 0.717) is 0 Å². The van der Waals surface area contributed by atoms with E-state index < -0.39 is 0 Å². The number of unbranched alkanes of at least 4 members (excludes halogenated alkanes) is 1. The quantitative estimate of drug-likeness (QED) is 0.279. The lowest BCUT2D eigenvalue weighted by Gasteiger charge is -2.12. The molecule has 0 N–H and O–H groups in total. The van der Waals surface area contributed by atoms with Crippen molar-refractivity contribution in [3.05, 3.63) is 109 Å². The topological polar surface area (TPSA) is 43.6 Å². The van der Waals surface area contributed by atoms with Crippen molar-refractivity contribution >= 4 is 0 Å². The van der Waals surface area contributed by atoms with Gasteiger partial charge in [0.15, 0.2) is 11.6 Å². The predicted octanol–water partition coefficient (Wildman–Crippen LogP) is 7.01. The summed E-state index contributed by atoms with van der Waals surface area (Å²) in [6, 6.07) is 31.5. The molecule has 0 amide bonds. The first-order valence-corrected chi connectivity index (χ1v) is 11.4. The number of nitrogens with zero attached hydrogens (tertiary/aromatic N) is 4. The molecule has 0 bridgehead atoms. The molecule has 0 aliphatic rings. The van der Waals surface area contributed by atoms with Gasteiger partial charge in [-0.3, -0.25) is 9.55 Å². The molecule has 0 saturated carbocycles. The monoisotopic (exact) mass is 430 g/mol. The van der Waals surface area contributed by atoms with Crippen molar-refractivity contribution in [1.82, 2.24) is 19.7 Å². The molecule has 0 atom stereocenters. The van der Waals surface area contributed by atoms with Crippen molar-refractivity contribution in [2.45, 2.75) is 26.2 Å². The molecule has 5 rings (SSSR count). The first kappa shape index (κ1) is 20.8. The molecule has 4 heteroatoms. The van der Waals surface area contributed by atoms with Gasteiger partial charge in [-0.15, -0.1) is 10.2 Å². The molecule has 0 aliphatic heterocycles. The van der Waals surface area contributed by atoms with Gasteiger partial charge in [-0.25, -0.2) is 0 Å². The van der Waals surface area contributed by atoms with Crippen LogP contribution in [0.3, 0.4) is 0 Å². The number of benzene rings is 3. The zero-order valence-electron chi connectivity index (χ0n) is 18.7. The van der Waals surface area contributed by atoms with Gasteiger partial charge < -0.3 is 0 Å². The van der Waals surface area contributed by atoms with E-state index >= 15 is 0 Å². The number of aryl methyl sites for hydroxylation is 1. The molecule has 5 aromatic rings. The summed E-state index contributed by atoms with van der Waals surface area (Å²) < 4.78 is 2.14. The Kier molecular flexibility index (Phi) is 6.07. The molecule has 3 aromatic carbocycles. The minimum Gasteiger partial charge on any atom is -0.275 e. The van der Waals surface area contributed by atoms with Gasteiger partial charge in [0.05, 0.1) is 0 Å². The molecule has 0 unspecified atom stereocenters. The van der Waals surface area contributed by atoms with E-state index in [1.807, 2.05) is 30.5 Å². The molecule has 2 aromatic heterocycles. The Morgan fingerprint density at radius 3 is 1.91 bits per heavy atom. The minimum atomic E-state index is 0.829. The molecule has 2 heterocycles. The van der Waals surface area contributed by atoms with Crippen LogP contribution in [0.4, 0.5) is 0 Å². The smallest absolute Gasteiger partial charge is 0.168 e. The Balaban J connectivity index is 1.58. The van der Waals surface area contributed by atoms with Crippen LogP contribution in [0.25, 0.3) is 39.6 Å². The minimum absolute atomic E-state index is 0.829. The average molecular weight is 431 g/mol. The molecule has 0 radical (unpaired) electrons. The maximum atomic E-state index is 4.61. The third kappa shape index (κ3) is 4.46. The fourth-order valence-electron chi connectivity index (χ4n) is 4.03. The molecule has 0 spiro atoms. The highest BCUT2D eigenvalue weighted by atomic mass is 15.3. The summed E-state index contributed by atoms with van der Waals surface area (Å²) >= 11 is 0. The van der Waals surface area contributed by atoms with E-state index in [9.17, 15) is 0 Å². The second-order valence-corrected chi connectivity index (χ2v) is 8.14. The third-order valence-electron chi connectivity index (χ3n) is 5.85. The summed E-state index contributed by atoms with van der Waals surface area (Å²) in [7, 11) is 0. The van der Waals surface area contributed by atoms with Gasteiger partial charge >= 0.3 is 0 Å². The van der Waals surface area contributed by atoms with Gasteiger partial charge in [0.25, 0.3) is 0 Å². The van der Waals surface area contributed by atoms with Gasteiger partial charge in [-0.05, 0) is 47.7 Å². The Bertz CT molecular complexity index is 1310. The molecule has 162 valence electrons. The highest BCUT2D eigenvalue weighted by Gasteiger charge is 2.17. The predicted molar refractivity (Wildman–Crippen MR) is 134 cm³/mol. The van der Waals surface area contributed by atoms with Crippen LogP contribution in [0.2, 0.25) is 0 Å². The van der Waals surface area contributed by atoms with Crippen LogP contribution in [0.15, 0.2) is 103 Å². The van der Waals surface area contributed by atoms with E-state index in [2.05, 4.69) is 93.4 Å². The number of rotatable bonds is 7. The molecular formula is C29H26N4. The molecule has 4 nitrogen and oxygen atoms in total. The lowest BCUT2D eigenvalue weighted by atomic mass is 10.1. The van der Waals surface area contributed by atoms with Crippen LogP contribution in [-0.2, 0) is 6.42 Å². The highest BCUT2D eigenvalue weighted by Crippen LogP contribution is 2.30. The van der Waals surface area contributed by atoms with Crippen molar-refractivity contribution in [3.63, 3.8) is 0 Å². The summed E-state index contributed by atoms with van der Waals surface area (Å²) in [4.78, 5) is 4.24. The number of hydrogen-bond donors (Lipinski definition) is 0. The normalized spacial score (nSPS) is 10.9. The molecule has 33 heavy (non-hydrogen) atoms. The maximum absolute atomic E-state index is 4.61. The van der Waals surface area contributed by atoms with Crippen molar-refractivity contribution < 1.29 is 0 Å². The standard InChI is InChI=1S/C29H26N4/c1-2-3-8-22-12-14-25(15-13-22)29-32-31-28(24-9-5-4-6-10-24)33(29)27-18-16-23(17-19-27)26-11-7-20-30-21-26/h4-7,9-21H,2-3,8H2,1H3. The Labute approximate surface area is 194 Å². The van der Waals surface area contributed by atoms with Gasteiger partial charge in [0.2, 0.25) is 0 Å². The summed E-state index contributed by atoms with van der Waals surface area (Å²) in [5.74, 6) is 1.67. The van der Waals surface area contributed by atoms with E-state index in [4.69, 9.17) is 0 Å². The Morgan fingerprint density at radius 2 is 1.27 bits per heavy atom. The first-order chi connectivity index (χ1) is 16.3. The molecule has 0 saturated heterocycles. The zero-order valence-corrected chi connectivity index (χ0v) is 18.7. The zero-order chi connectivity index (χ0) is 22.5. The van der Waals surface area contributed by atoms with E-state index in [1.165, 1.54) is 18.4 Å². The van der Waals surface area contributed by atoms with Gasteiger partial charge in [-0.1, -0.05) is 86.1 Å². The van der Waals surface area contributed by atoms with E-state index in [0.717, 1.165) is 46.0 Å².